The Labute approximate surface area is 155 Å². The van der Waals surface area contributed by atoms with E-state index < -0.39 is 5.97 Å². The van der Waals surface area contributed by atoms with Crippen LogP contribution in [0.5, 0.6) is 0 Å². The summed E-state index contributed by atoms with van der Waals surface area (Å²) in [5.41, 5.74) is 1.79. The number of likely N-dealkylation sites (tertiary alicyclic amines) is 1. The van der Waals surface area contributed by atoms with Crippen molar-refractivity contribution in [1.82, 2.24) is 24.9 Å². The van der Waals surface area contributed by atoms with Crippen LogP contribution in [0, 0.1) is 12.8 Å². The molecule has 0 aliphatic carbocycles. The minimum absolute atomic E-state index is 0.204. The Hall–Kier alpha value is -3.29. The van der Waals surface area contributed by atoms with E-state index in [9.17, 15) is 9.59 Å². The number of amides is 1. The van der Waals surface area contributed by atoms with Crippen LogP contribution >= 0.6 is 0 Å². The highest BCUT2D eigenvalue weighted by Crippen LogP contribution is 2.24. The van der Waals surface area contributed by atoms with E-state index in [1.54, 1.807) is 22.0 Å². The number of pyridine rings is 1. The smallest absolute Gasteiger partial charge is 0.306 e. The summed E-state index contributed by atoms with van der Waals surface area (Å²) in [4.78, 5) is 29.7. The summed E-state index contributed by atoms with van der Waals surface area (Å²) in [5, 5.41) is 19.4. The van der Waals surface area contributed by atoms with E-state index in [-0.39, 0.29) is 11.8 Å². The summed E-state index contributed by atoms with van der Waals surface area (Å²) in [5.74, 6) is -1.38. The molecule has 0 unspecified atom stereocenters. The van der Waals surface area contributed by atoms with Gasteiger partial charge in [-0.1, -0.05) is 17.3 Å². The van der Waals surface area contributed by atoms with Gasteiger partial charge in [-0.3, -0.25) is 14.6 Å². The zero-order chi connectivity index (χ0) is 19.0. The Kier molecular flexibility index (Phi) is 4.31. The van der Waals surface area contributed by atoms with Crippen LogP contribution in [0.4, 0.5) is 0 Å². The summed E-state index contributed by atoms with van der Waals surface area (Å²) in [6, 6.07) is 7.72. The second kappa shape index (κ2) is 6.79. The molecular formula is C19H19N5O3. The molecule has 0 atom stereocenters. The monoisotopic (exact) mass is 365 g/mol. The number of fused-ring (bicyclic) bond motifs is 1. The van der Waals surface area contributed by atoms with Crippen LogP contribution in [0.3, 0.4) is 0 Å². The van der Waals surface area contributed by atoms with Crippen molar-refractivity contribution < 1.29 is 14.7 Å². The summed E-state index contributed by atoms with van der Waals surface area (Å²) in [7, 11) is 0. The van der Waals surface area contributed by atoms with E-state index >= 15 is 0 Å². The zero-order valence-electron chi connectivity index (χ0n) is 14.9. The van der Waals surface area contributed by atoms with E-state index in [0.717, 1.165) is 16.5 Å². The first-order valence-corrected chi connectivity index (χ1v) is 8.84. The lowest BCUT2D eigenvalue weighted by atomic mass is 9.97. The molecule has 8 nitrogen and oxygen atoms in total. The highest BCUT2D eigenvalue weighted by atomic mass is 16.4. The molecular weight excluding hydrogens is 346 g/mol. The van der Waals surface area contributed by atoms with Crippen LogP contribution in [0.1, 0.15) is 29.0 Å². The molecule has 1 fully saturated rings. The van der Waals surface area contributed by atoms with Gasteiger partial charge in [0, 0.05) is 36.3 Å². The van der Waals surface area contributed by atoms with Gasteiger partial charge in [-0.2, -0.15) is 0 Å². The Balaban J connectivity index is 1.63. The van der Waals surface area contributed by atoms with Crippen LogP contribution in [0.15, 0.2) is 36.7 Å². The van der Waals surface area contributed by atoms with E-state index in [1.165, 1.54) is 0 Å². The van der Waals surface area contributed by atoms with Crippen LogP contribution < -0.4 is 0 Å². The SMILES string of the molecule is Cc1c(C(=O)N2CCC(C(=O)O)CC2)nnn1-c1cccc2cnccc12. The molecule has 0 bridgehead atoms. The van der Waals surface area contributed by atoms with Crippen molar-refractivity contribution in [3.63, 3.8) is 0 Å². The van der Waals surface area contributed by atoms with E-state index in [0.29, 0.717) is 37.3 Å². The molecule has 1 amide bonds. The van der Waals surface area contributed by atoms with Crippen molar-refractivity contribution in [2.24, 2.45) is 5.92 Å². The second-order valence-electron chi connectivity index (χ2n) is 6.71. The van der Waals surface area contributed by atoms with E-state index in [1.807, 2.05) is 31.2 Å². The van der Waals surface area contributed by atoms with Gasteiger partial charge in [0.15, 0.2) is 5.69 Å². The topological polar surface area (TPSA) is 101 Å². The van der Waals surface area contributed by atoms with Gasteiger partial charge in [-0.05, 0) is 31.9 Å². The third kappa shape index (κ3) is 3.03. The first-order valence-electron chi connectivity index (χ1n) is 8.84. The maximum atomic E-state index is 12.9. The predicted molar refractivity (Wildman–Crippen MR) is 97.7 cm³/mol. The fourth-order valence-electron chi connectivity index (χ4n) is 3.53. The van der Waals surface area contributed by atoms with Crippen molar-refractivity contribution in [3.05, 3.63) is 48.0 Å². The van der Waals surface area contributed by atoms with Crippen molar-refractivity contribution in [3.8, 4) is 5.69 Å². The number of nitrogens with zero attached hydrogens (tertiary/aromatic N) is 5. The maximum Gasteiger partial charge on any atom is 0.306 e. The average Bonchev–Trinajstić information content (AvgIpc) is 3.08. The van der Waals surface area contributed by atoms with Crippen LogP contribution in [-0.2, 0) is 4.79 Å². The fraction of sp³-hybridized carbons (Fsp3) is 0.316. The molecule has 1 aliphatic heterocycles. The standard InChI is InChI=1S/C19H19N5O3/c1-12-17(18(25)23-9-6-13(7-10-23)19(26)27)21-22-24(12)16-4-2-3-14-11-20-8-5-15(14)16/h2-5,8,11,13H,6-7,9-10H2,1H3,(H,26,27). The van der Waals surface area contributed by atoms with Gasteiger partial charge >= 0.3 is 5.97 Å². The minimum atomic E-state index is -0.797. The van der Waals surface area contributed by atoms with Crippen LogP contribution in [0.2, 0.25) is 0 Å². The molecule has 138 valence electrons. The summed E-state index contributed by atoms with van der Waals surface area (Å²) in [6.45, 7) is 2.65. The fourth-order valence-corrected chi connectivity index (χ4v) is 3.53. The second-order valence-corrected chi connectivity index (χ2v) is 6.71. The molecule has 1 aliphatic rings. The number of piperidine rings is 1. The lowest BCUT2D eigenvalue weighted by Gasteiger charge is -2.29. The molecule has 1 saturated heterocycles. The zero-order valence-corrected chi connectivity index (χ0v) is 14.9. The predicted octanol–water partition coefficient (Wildman–Crippen LogP) is 2.06. The quantitative estimate of drug-likeness (QED) is 0.762. The van der Waals surface area contributed by atoms with Crippen molar-refractivity contribution in [1.29, 1.82) is 0 Å². The van der Waals surface area contributed by atoms with Gasteiger partial charge in [-0.15, -0.1) is 5.10 Å². The van der Waals surface area contributed by atoms with E-state index in [4.69, 9.17) is 5.11 Å². The number of carbonyl (C=O) groups excluding carboxylic acids is 1. The number of aromatic nitrogens is 4. The van der Waals surface area contributed by atoms with Crippen molar-refractivity contribution in [2.75, 3.05) is 13.1 Å². The molecule has 27 heavy (non-hydrogen) atoms. The summed E-state index contributed by atoms with van der Waals surface area (Å²) < 4.78 is 1.67. The molecule has 1 N–H and O–H groups in total. The van der Waals surface area contributed by atoms with Gasteiger partial charge in [0.05, 0.1) is 17.3 Å². The molecule has 0 radical (unpaired) electrons. The maximum absolute atomic E-state index is 12.9. The normalized spacial score (nSPS) is 15.2. The largest absolute Gasteiger partial charge is 0.481 e. The molecule has 8 heteroatoms. The first kappa shape index (κ1) is 17.1. The molecule has 0 spiro atoms. The number of benzene rings is 1. The van der Waals surface area contributed by atoms with Crippen LogP contribution in [0.25, 0.3) is 16.5 Å². The number of carboxylic acids is 1. The van der Waals surface area contributed by atoms with Gasteiger partial charge < -0.3 is 10.0 Å². The summed E-state index contributed by atoms with van der Waals surface area (Å²) >= 11 is 0. The van der Waals surface area contributed by atoms with Gasteiger partial charge in [0.2, 0.25) is 0 Å². The lowest BCUT2D eigenvalue weighted by Crippen LogP contribution is -2.40. The van der Waals surface area contributed by atoms with Gasteiger partial charge in [0.1, 0.15) is 0 Å². The number of carboxylic acid groups (broad SMARTS) is 1. The number of carbonyl (C=O) groups is 2. The highest BCUT2D eigenvalue weighted by Gasteiger charge is 2.30. The number of hydrogen-bond donors (Lipinski definition) is 1. The minimum Gasteiger partial charge on any atom is -0.481 e. The highest BCUT2D eigenvalue weighted by molar-refractivity contribution is 5.94. The Morgan fingerprint density at radius 2 is 1.96 bits per heavy atom. The molecule has 1 aromatic carbocycles. The Bertz CT molecular complexity index is 1020. The third-order valence-corrected chi connectivity index (χ3v) is 5.11. The van der Waals surface area contributed by atoms with Crippen molar-refractivity contribution in [2.45, 2.75) is 19.8 Å². The Morgan fingerprint density at radius 1 is 1.19 bits per heavy atom. The summed E-state index contributed by atoms with van der Waals surface area (Å²) in [6.07, 6.45) is 4.43. The van der Waals surface area contributed by atoms with E-state index in [2.05, 4.69) is 15.3 Å². The van der Waals surface area contributed by atoms with Gasteiger partial charge in [0.25, 0.3) is 5.91 Å². The third-order valence-electron chi connectivity index (χ3n) is 5.11. The number of hydrogen-bond acceptors (Lipinski definition) is 5. The Morgan fingerprint density at radius 3 is 2.70 bits per heavy atom. The molecule has 2 aromatic heterocycles. The van der Waals surface area contributed by atoms with Crippen molar-refractivity contribution >= 4 is 22.6 Å². The first-order chi connectivity index (χ1) is 13.1. The lowest BCUT2D eigenvalue weighted by molar-refractivity contribution is -0.143. The van der Waals surface area contributed by atoms with Crippen LogP contribution in [-0.4, -0.2) is 55.0 Å². The number of aliphatic carboxylic acids is 1. The average molecular weight is 365 g/mol. The molecule has 3 heterocycles. The number of rotatable bonds is 3. The molecule has 3 aromatic rings. The molecule has 4 rings (SSSR count). The molecule has 0 saturated carbocycles. The van der Waals surface area contributed by atoms with Gasteiger partial charge in [-0.25, -0.2) is 4.68 Å².